The topological polar surface area (TPSA) is 63.8 Å². The molecule has 1 N–H and O–H groups in total. The molecule has 5 rings (SSSR count). The van der Waals surface area contributed by atoms with Crippen LogP contribution < -0.4 is 0 Å². The number of benzene rings is 3. The zero-order valence-corrected chi connectivity index (χ0v) is 21.7. The molecule has 0 fully saturated rings. The lowest BCUT2D eigenvalue weighted by atomic mass is 9.91. The standard InChI is InChI=1S/C27H22Cl2N4OS/c1-15-23(26-31-32-27(35-3)33(26)2)24(17-5-4-6-20(29)13-17)21-14-18(9-12-22(21)30-15)25(34)16-7-10-19(28)11-8-16/h4-14,25,34H,1-3H3. The Kier molecular flexibility index (Phi) is 6.55. The Labute approximate surface area is 217 Å². The molecule has 1 unspecified atom stereocenters. The molecule has 0 bridgehead atoms. The van der Waals surface area contributed by atoms with E-state index in [0.29, 0.717) is 10.0 Å². The largest absolute Gasteiger partial charge is 0.384 e. The van der Waals surface area contributed by atoms with Crippen molar-refractivity contribution in [2.75, 3.05) is 6.26 Å². The molecule has 5 aromatic rings. The van der Waals surface area contributed by atoms with Gasteiger partial charge in [0.25, 0.3) is 0 Å². The van der Waals surface area contributed by atoms with Crippen molar-refractivity contribution in [3.05, 3.63) is 93.6 Å². The van der Waals surface area contributed by atoms with Crippen molar-refractivity contribution >= 4 is 45.9 Å². The summed E-state index contributed by atoms with van der Waals surface area (Å²) < 4.78 is 1.97. The van der Waals surface area contributed by atoms with Crippen LogP contribution in [0.1, 0.15) is 22.9 Å². The van der Waals surface area contributed by atoms with Crippen LogP contribution in [0.5, 0.6) is 0 Å². The number of pyridine rings is 1. The predicted molar refractivity (Wildman–Crippen MR) is 144 cm³/mol. The molecule has 0 aliphatic carbocycles. The monoisotopic (exact) mass is 520 g/mol. The van der Waals surface area contributed by atoms with Gasteiger partial charge in [-0.25, -0.2) is 0 Å². The van der Waals surface area contributed by atoms with Gasteiger partial charge in [0.2, 0.25) is 0 Å². The fourth-order valence-electron chi connectivity index (χ4n) is 4.34. The average molecular weight is 521 g/mol. The summed E-state index contributed by atoms with van der Waals surface area (Å²) in [6.45, 7) is 1.98. The van der Waals surface area contributed by atoms with Gasteiger partial charge < -0.3 is 9.67 Å². The minimum atomic E-state index is -0.813. The maximum absolute atomic E-state index is 11.2. The molecule has 2 aromatic heterocycles. The minimum absolute atomic E-state index is 0.625. The fourth-order valence-corrected chi connectivity index (χ4v) is 5.14. The Morgan fingerprint density at radius 2 is 1.63 bits per heavy atom. The van der Waals surface area contributed by atoms with Crippen LogP contribution in [0, 0.1) is 6.92 Å². The molecule has 0 saturated heterocycles. The van der Waals surface area contributed by atoms with Gasteiger partial charge in [0.1, 0.15) is 6.10 Å². The maximum atomic E-state index is 11.2. The van der Waals surface area contributed by atoms with E-state index in [4.69, 9.17) is 28.2 Å². The third-order valence-electron chi connectivity index (χ3n) is 6.05. The molecular formula is C27H22Cl2N4OS. The number of thioether (sulfide) groups is 1. The Balaban J connectivity index is 1.80. The summed E-state index contributed by atoms with van der Waals surface area (Å²) >= 11 is 14.0. The van der Waals surface area contributed by atoms with E-state index in [1.807, 2.05) is 79.4 Å². The van der Waals surface area contributed by atoms with Gasteiger partial charge in [0.05, 0.1) is 5.52 Å². The minimum Gasteiger partial charge on any atom is -0.384 e. The average Bonchev–Trinajstić information content (AvgIpc) is 3.22. The van der Waals surface area contributed by atoms with Crippen molar-refractivity contribution in [2.24, 2.45) is 7.05 Å². The normalized spacial score (nSPS) is 12.3. The third-order valence-corrected chi connectivity index (χ3v) is 7.25. The number of nitrogens with zero attached hydrogens (tertiary/aromatic N) is 4. The summed E-state index contributed by atoms with van der Waals surface area (Å²) in [5.41, 5.74) is 5.94. The highest BCUT2D eigenvalue weighted by atomic mass is 35.5. The molecule has 0 radical (unpaired) electrons. The van der Waals surface area contributed by atoms with E-state index in [9.17, 15) is 5.11 Å². The smallest absolute Gasteiger partial charge is 0.190 e. The molecule has 2 heterocycles. The van der Waals surface area contributed by atoms with Crippen LogP contribution in [0.25, 0.3) is 33.4 Å². The first-order chi connectivity index (χ1) is 16.9. The van der Waals surface area contributed by atoms with Crippen molar-refractivity contribution in [1.29, 1.82) is 0 Å². The molecule has 0 saturated carbocycles. The van der Waals surface area contributed by atoms with Crippen LogP contribution in [-0.4, -0.2) is 31.1 Å². The first-order valence-electron chi connectivity index (χ1n) is 10.9. The summed E-state index contributed by atoms with van der Waals surface area (Å²) in [4.78, 5) is 4.90. The molecule has 0 aliphatic rings. The lowest BCUT2D eigenvalue weighted by Crippen LogP contribution is -2.03. The summed E-state index contributed by atoms with van der Waals surface area (Å²) in [6.07, 6.45) is 1.16. The second-order valence-electron chi connectivity index (χ2n) is 8.26. The third kappa shape index (κ3) is 4.43. The van der Waals surface area contributed by atoms with E-state index < -0.39 is 6.10 Å². The number of aliphatic hydroxyl groups is 1. The van der Waals surface area contributed by atoms with Crippen LogP contribution in [0.2, 0.25) is 10.0 Å². The van der Waals surface area contributed by atoms with Crippen molar-refractivity contribution < 1.29 is 5.11 Å². The summed E-state index contributed by atoms with van der Waals surface area (Å²) in [7, 11) is 1.95. The molecule has 0 aliphatic heterocycles. The van der Waals surface area contributed by atoms with E-state index >= 15 is 0 Å². The molecule has 1 atom stereocenters. The number of aromatic nitrogens is 4. The lowest BCUT2D eigenvalue weighted by molar-refractivity contribution is 0.220. The highest BCUT2D eigenvalue weighted by Crippen LogP contribution is 2.41. The number of aliphatic hydroxyl groups excluding tert-OH is 1. The van der Waals surface area contributed by atoms with Crippen molar-refractivity contribution in [3.8, 4) is 22.5 Å². The Morgan fingerprint density at radius 3 is 2.31 bits per heavy atom. The predicted octanol–water partition coefficient (Wildman–Crippen LogP) is 7.12. The van der Waals surface area contributed by atoms with E-state index in [1.54, 1.807) is 12.1 Å². The van der Waals surface area contributed by atoms with E-state index in [-0.39, 0.29) is 0 Å². The molecule has 176 valence electrons. The highest BCUT2D eigenvalue weighted by Gasteiger charge is 2.22. The highest BCUT2D eigenvalue weighted by molar-refractivity contribution is 7.98. The van der Waals surface area contributed by atoms with Crippen LogP contribution >= 0.6 is 35.0 Å². The lowest BCUT2D eigenvalue weighted by Gasteiger charge is -2.18. The van der Waals surface area contributed by atoms with E-state index in [1.165, 1.54) is 11.8 Å². The summed E-state index contributed by atoms with van der Waals surface area (Å²) in [5, 5.41) is 23.0. The zero-order chi connectivity index (χ0) is 24.7. The van der Waals surface area contributed by atoms with Gasteiger partial charge in [-0.15, -0.1) is 10.2 Å². The Morgan fingerprint density at radius 1 is 0.886 bits per heavy atom. The molecule has 35 heavy (non-hydrogen) atoms. The molecule has 0 spiro atoms. The number of fused-ring (bicyclic) bond motifs is 1. The SMILES string of the molecule is CSc1nnc(-c2c(C)nc3ccc(C(O)c4ccc(Cl)cc4)cc3c2-c2cccc(Cl)c2)n1C. The second kappa shape index (κ2) is 9.63. The van der Waals surface area contributed by atoms with Gasteiger partial charge in [0, 0.05) is 39.3 Å². The van der Waals surface area contributed by atoms with E-state index in [0.717, 1.165) is 55.4 Å². The van der Waals surface area contributed by atoms with Crippen molar-refractivity contribution in [3.63, 3.8) is 0 Å². The number of halogens is 2. The Hall–Kier alpha value is -2.90. The zero-order valence-electron chi connectivity index (χ0n) is 19.3. The van der Waals surface area contributed by atoms with Gasteiger partial charge in [-0.1, -0.05) is 65.3 Å². The number of aryl methyl sites for hydroxylation is 1. The molecule has 5 nitrogen and oxygen atoms in total. The van der Waals surface area contributed by atoms with Crippen LogP contribution in [0.15, 0.2) is 71.9 Å². The van der Waals surface area contributed by atoms with Crippen LogP contribution in [-0.2, 0) is 7.05 Å². The quantitative estimate of drug-likeness (QED) is 0.250. The van der Waals surface area contributed by atoms with Gasteiger partial charge in [-0.3, -0.25) is 4.98 Å². The van der Waals surface area contributed by atoms with Gasteiger partial charge in [-0.2, -0.15) is 0 Å². The van der Waals surface area contributed by atoms with Crippen LogP contribution in [0.4, 0.5) is 0 Å². The van der Waals surface area contributed by atoms with Crippen molar-refractivity contribution in [2.45, 2.75) is 18.2 Å². The Bertz CT molecular complexity index is 1550. The number of hydrogen-bond acceptors (Lipinski definition) is 5. The molecule has 8 heteroatoms. The van der Waals surface area contributed by atoms with Crippen LogP contribution in [0.3, 0.4) is 0 Å². The molecule has 3 aromatic carbocycles. The maximum Gasteiger partial charge on any atom is 0.190 e. The second-order valence-corrected chi connectivity index (χ2v) is 9.90. The fraction of sp³-hybridized carbons (Fsp3) is 0.148. The number of hydrogen-bond donors (Lipinski definition) is 1. The first kappa shape index (κ1) is 23.8. The van der Waals surface area contributed by atoms with E-state index in [2.05, 4.69) is 10.2 Å². The molecular weight excluding hydrogens is 499 g/mol. The number of rotatable bonds is 5. The molecule has 0 amide bonds. The first-order valence-corrected chi connectivity index (χ1v) is 12.9. The van der Waals surface area contributed by atoms with Gasteiger partial charge in [0.15, 0.2) is 11.0 Å². The summed E-state index contributed by atoms with van der Waals surface area (Å²) in [5.74, 6) is 0.722. The summed E-state index contributed by atoms with van der Waals surface area (Å²) in [6, 6.07) is 20.8. The van der Waals surface area contributed by atoms with Gasteiger partial charge in [-0.05, 0) is 66.3 Å². The van der Waals surface area contributed by atoms with Gasteiger partial charge >= 0.3 is 0 Å². The van der Waals surface area contributed by atoms with Crippen molar-refractivity contribution in [1.82, 2.24) is 19.7 Å².